The normalized spacial score (nSPS) is 19.9. The molecule has 0 spiro atoms. The van der Waals surface area contributed by atoms with Crippen molar-refractivity contribution in [2.45, 2.75) is 56.0 Å². The quantitative estimate of drug-likeness (QED) is 0.563. The Kier molecular flexibility index (Phi) is 6.53. The topological polar surface area (TPSA) is 59.8 Å². The van der Waals surface area contributed by atoms with Crippen molar-refractivity contribution >= 4 is 17.7 Å². The third-order valence-electron chi connectivity index (χ3n) is 5.77. The zero-order valence-electron chi connectivity index (χ0n) is 17.5. The number of carbonyl (C=O) groups is 1. The predicted molar refractivity (Wildman–Crippen MR) is 122 cm³/mol. The minimum atomic E-state index is -0.255. The summed E-state index contributed by atoms with van der Waals surface area (Å²) < 4.78 is 2.03. The van der Waals surface area contributed by atoms with E-state index in [4.69, 9.17) is 0 Å². The number of para-hydroxylation sites is 1. The van der Waals surface area contributed by atoms with E-state index < -0.39 is 0 Å². The predicted octanol–water partition coefficient (Wildman–Crippen LogP) is 5.11. The van der Waals surface area contributed by atoms with Crippen molar-refractivity contribution in [3.63, 3.8) is 0 Å². The molecule has 1 fully saturated rings. The number of nitrogens with zero attached hydrogens (tertiary/aromatic N) is 3. The van der Waals surface area contributed by atoms with Gasteiger partial charge in [0.2, 0.25) is 5.91 Å². The van der Waals surface area contributed by atoms with Gasteiger partial charge in [0.1, 0.15) is 0 Å². The molecule has 1 aliphatic carbocycles. The molecule has 0 radical (unpaired) electrons. The number of amides is 1. The van der Waals surface area contributed by atoms with Crippen LogP contribution in [0.15, 0.2) is 65.8 Å². The summed E-state index contributed by atoms with van der Waals surface area (Å²) in [7, 11) is 0. The summed E-state index contributed by atoms with van der Waals surface area (Å²) in [5, 5.41) is 12.6. The first-order valence-corrected chi connectivity index (χ1v) is 11.5. The first kappa shape index (κ1) is 20.7. The molecule has 1 aromatic heterocycles. The van der Waals surface area contributed by atoms with Crippen LogP contribution in [-0.4, -0.2) is 32.0 Å². The van der Waals surface area contributed by atoms with Crippen LogP contribution >= 0.6 is 11.8 Å². The van der Waals surface area contributed by atoms with E-state index in [0.29, 0.717) is 5.92 Å². The van der Waals surface area contributed by atoms with E-state index in [1.165, 1.54) is 31.0 Å². The Morgan fingerprint density at radius 1 is 1.03 bits per heavy atom. The van der Waals surface area contributed by atoms with Crippen molar-refractivity contribution in [3.8, 4) is 17.1 Å². The number of aromatic nitrogens is 3. The van der Waals surface area contributed by atoms with Crippen LogP contribution in [0.3, 0.4) is 0 Å². The van der Waals surface area contributed by atoms with E-state index in [9.17, 15) is 4.79 Å². The Morgan fingerprint density at radius 3 is 2.40 bits per heavy atom. The van der Waals surface area contributed by atoms with E-state index in [-0.39, 0.29) is 17.2 Å². The SMILES string of the molecule is C[C@@H](Sc1nnc(-c2ccccc2)n1-c1ccccc1)C(=O)N[C@@H]1CCCC[C@@H]1C. The van der Waals surface area contributed by atoms with Gasteiger partial charge in [-0.2, -0.15) is 0 Å². The van der Waals surface area contributed by atoms with E-state index in [1.54, 1.807) is 0 Å². The lowest BCUT2D eigenvalue weighted by Gasteiger charge is -2.30. The molecule has 156 valence electrons. The molecule has 3 atom stereocenters. The Labute approximate surface area is 182 Å². The van der Waals surface area contributed by atoms with Crippen molar-refractivity contribution in [2.75, 3.05) is 0 Å². The van der Waals surface area contributed by atoms with E-state index in [2.05, 4.69) is 22.4 Å². The van der Waals surface area contributed by atoms with E-state index in [0.717, 1.165) is 28.7 Å². The Bertz CT molecular complexity index is 973. The highest BCUT2D eigenvalue weighted by Gasteiger charge is 2.27. The highest BCUT2D eigenvalue weighted by molar-refractivity contribution is 8.00. The summed E-state index contributed by atoms with van der Waals surface area (Å²) in [4.78, 5) is 12.9. The number of nitrogens with one attached hydrogen (secondary N) is 1. The van der Waals surface area contributed by atoms with Gasteiger partial charge in [0, 0.05) is 17.3 Å². The van der Waals surface area contributed by atoms with E-state index in [1.807, 2.05) is 72.2 Å². The van der Waals surface area contributed by atoms with Gasteiger partial charge in [-0.3, -0.25) is 9.36 Å². The van der Waals surface area contributed by atoms with Crippen molar-refractivity contribution in [3.05, 3.63) is 60.7 Å². The molecule has 1 heterocycles. The number of hydrogen-bond donors (Lipinski definition) is 1. The molecule has 1 amide bonds. The fourth-order valence-corrected chi connectivity index (χ4v) is 4.85. The van der Waals surface area contributed by atoms with Gasteiger partial charge >= 0.3 is 0 Å². The maximum absolute atomic E-state index is 12.9. The molecule has 30 heavy (non-hydrogen) atoms. The monoisotopic (exact) mass is 420 g/mol. The van der Waals surface area contributed by atoms with Crippen molar-refractivity contribution in [2.24, 2.45) is 5.92 Å². The summed E-state index contributed by atoms with van der Waals surface area (Å²) in [6.07, 6.45) is 4.72. The standard InChI is InChI=1S/C24H28N4OS/c1-17-11-9-10-16-21(17)25-23(29)18(2)30-24-27-26-22(19-12-5-3-6-13-19)28(24)20-14-7-4-8-15-20/h3-8,12-15,17-18,21H,9-11,16H2,1-2H3,(H,25,29)/t17-,18+,21+/m0/s1. The maximum Gasteiger partial charge on any atom is 0.233 e. The highest BCUT2D eigenvalue weighted by Crippen LogP contribution is 2.30. The Balaban J connectivity index is 1.58. The number of thioether (sulfide) groups is 1. The molecule has 0 saturated heterocycles. The smallest absolute Gasteiger partial charge is 0.233 e. The summed E-state index contributed by atoms with van der Waals surface area (Å²) >= 11 is 1.46. The number of carbonyl (C=O) groups excluding carboxylic acids is 1. The van der Waals surface area contributed by atoms with Gasteiger partial charge in [0.15, 0.2) is 11.0 Å². The van der Waals surface area contributed by atoms with Gasteiger partial charge in [-0.1, -0.05) is 80.1 Å². The average Bonchev–Trinajstić information content (AvgIpc) is 3.20. The lowest BCUT2D eigenvalue weighted by Crippen LogP contribution is -2.44. The van der Waals surface area contributed by atoms with Crippen LogP contribution in [0.1, 0.15) is 39.5 Å². The molecule has 4 rings (SSSR count). The maximum atomic E-state index is 12.9. The van der Waals surface area contributed by atoms with Crippen LogP contribution in [0.5, 0.6) is 0 Å². The van der Waals surface area contributed by atoms with Crippen LogP contribution in [0.25, 0.3) is 17.1 Å². The van der Waals surface area contributed by atoms with Crippen LogP contribution in [-0.2, 0) is 4.79 Å². The molecule has 3 aromatic rings. The second kappa shape index (κ2) is 9.47. The third-order valence-corrected chi connectivity index (χ3v) is 6.81. The van der Waals surface area contributed by atoms with Crippen LogP contribution in [0, 0.1) is 5.92 Å². The largest absolute Gasteiger partial charge is 0.352 e. The molecule has 2 aromatic carbocycles. The summed E-state index contributed by atoms with van der Waals surface area (Å²) in [5.41, 5.74) is 1.98. The molecule has 1 saturated carbocycles. The van der Waals surface area contributed by atoms with Gasteiger partial charge in [-0.05, 0) is 37.8 Å². The summed E-state index contributed by atoms with van der Waals surface area (Å²) in [6.45, 7) is 4.18. The fourth-order valence-electron chi connectivity index (χ4n) is 3.97. The molecular weight excluding hydrogens is 392 g/mol. The van der Waals surface area contributed by atoms with Gasteiger partial charge in [0.25, 0.3) is 0 Å². The van der Waals surface area contributed by atoms with Gasteiger partial charge in [-0.15, -0.1) is 10.2 Å². The van der Waals surface area contributed by atoms with Gasteiger partial charge in [-0.25, -0.2) is 0 Å². The molecule has 5 nitrogen and oxygen atoms in total. The Hall–Kier alpha value is -2.60. The molecule has 0 aliphatic heterocycles. The molecule has 1 aliphatic rings. The second-order valence-electron chi connectivity index (χ2n) is 7.98. The zero-order chi connectivity index (χ0) is 20.9. The first-order valence-electron chi connectivity index (χ1n) is 10.7. The molecular formula is C24H28N4OS. The lowest BCUT2D eigenvalue weighted by molar-refractivity contribution is -0.121. The van der Waals surface area contributed by atoms with Crippen LogP contribution in [0.2, 0.25) is 0 Å². The molecule has 6 heteroatoms. The van der Waals surface area contributed by atoms with Crippen LogP contribution < -0.4 is 5.32 Å². The van der Waals surface area contributed by atoms with Gasteiger partial charge in [0.05, 0.1) is 5.25 Å². The van der Waals surface area contributed by atoms with Crippen LogP contribution in [0.4, 0.5) is 0 Å². The molecule has 1 N–H and O–H groups in total. The fraction of sp³-hybridized carbons (Fsp3) is 0.375. The third kappa shape index (κ3) is 4.59. The van der Waals surface area contributed by atoms with Crippen molar-refractivity contribution in [1.29, 1.82) is 0 Å². The number of hydrogen-bond acceptors (Lipinski definition) is 4. The van der Waals surface area contributed by atoms with E-state index >= 15 is 0 Å². The first-order chi connectivity index (χ1) is 14.6. The zero-order valence-corrected chi connectivity index (χ0v) is 18.3. The lowest BCUT2D eigenvalue weighted by atomic mass is 9.86. The van der Waals surface area contributed by atoms with Crippen molar-refractivity contribution in [1.82, 2.24) is 20.1 Å². The number of rotatable bonds is 6. The average molecular weight is 421 g/mol. The Morgan fingerprint density at radius 2 is 1.70 bits per heavy atom. The van der Waals surface area contributed by atoms with Crippen molar-refractivity contribution < 1.29 is 4.79 Å². The highest BCUT2D eigenvalue weighted by atomic mass is 32.2. The second-order valence-corrected chi connectivity index (χ2v) is 9.29. The molecule has 0 bridgehead atoms. The minimum Gasteiger partial charge on any atom is -0.352 e. The minimum absolute atomic E-state index is 0.0719. The number of benzene rings is 2. The van der Waals surface area contributed by atoms with Gasteiger partial charge < -0.3 is 5.32 Å². The summed E-state index contributed by atoms with van der Waals surface area (Å²) in [5.74, 6) is 1.39. The summed E-state index contributed by atoms with van der Waals surface area (Å²) in [6, 6.07) is 20.4. The molecule has 0 unspecified atom stereocenters.